The Kier molecular flexibility index (Phi) is 6.65. The number of aromatic amines is 1. The van der Waals surface area contributed by atoms with Crippen molar-refractivity contribution in [1.82, 2.24) is 0 Å². The maximum Gasteiger partial charge on any atom is 0.215 e. The zero-order valence-corrected chi connectivity index (χ0v) is 16.6. The van der Waals surface area contributed by atoms with Crippen LogP contribution in [-0.2, 0) is 6.54 Å². The van der Waals surface area contributed by atoms with E-state index in [1.165, 1.54) is 4.90 Å². The van der Waals surface area contributed by atoms with Gasteiger partial charge in [0.1, 0.15) is 23.6 Å². The van der Waals surface area contributed by atoms with E-state index in [4.69, 9.17) is 4.74 Å². The van der Waals surface area contributed by atoms with Gasteiger partial charge in [-0.05, 0) is 19.1 Å². The predicted molar refractivity (Wildman–Crippen MR) is 102 cm³/mol. The number of ether oxygens (including phenoxy) is 1. The second-order valence-electron chi connectivity index (χ2n) is 7.84. The summed E-state index contributed by atoms with van der Waals surface area (Å²) in [7, 11) is 0. The SMILES string of the molecule is CCOc1ccc2[nH+]c(C)c(C[NH+](CC(C)C)CC(C)C)c(O)c2c1. The van der Waals surface area contributed by atoms with E-state index >= 15 is 0 Å². The third-order valence-electron chi connectivity index (χ3n) is 4.44. The Morgan fingerprint density at radius 2 is 1.76 bits per heavy atom. The molecular formula is C21H34N2O2+2. The van der Waals surface area contributed by atoms with Gasteiger partial charge in [0.25, 0.3) is 0 Å². The van der Waals surface area contributed by atoms with Crippen LogP contribution in [0.2, 0.25) is 0 Å². The van der Waals surface area contributed by atoms with Gasteiger partial charge in [0.15, 0.2) is 5.69 Å². The first-order valence-electron chi connectivity index (χ1n) is 9.45. The molecule has 0 unspecified atom stereocenters. The van der Waals surface area contributed by atoms with Crippen LogP contribution in [0.3, 0.4) is 0 Å². The fourth-order valence-electron chi connectivity index (χ4n) is 3.55. The van der Waals surface area contributed by atoms with E-state index in [-0.39, 0.29) is 0 Å². The highest BCUT2D eigenvalue weighted by atomic mass is 16.5. The first kappa shape index (κ1) is 19.5. The van der Waals surface area contributed by atoms with Gasteiger partial charge in [-0.2, -0.15) is 0 Å². The molecule has 0 aliphatic carbocycles. The molecule has 0 amide bonds. The fraction of sp³-hybridized carbons (Fsp3) is 0.571. The number of aromatic nitrogens is 1. The molecule has 0 aliphatic heterocycles. The number of H-pyrrole nitrogens is 1. The molecule has 1 heterocycles. The van der Waals surface area contributed by atoms with E-state index in [0.29, 0.717) is 24.2 Å². The van der Waals surface area contributed by atoms with Gasteiger partial charge in [0, 0.05) is 24.8 Å². The van der Waals surface area contributed by atoms with E-state index in [1.54, 1.807) is 0 Å². The Morgan fingerprint density at radius 3 is 2.32 bits per heavy atom. The lowest BCUT2D eigenvalue weighted by atomic mass is 10.0. The average Bonchev–Trinajstić information content (AvgIpc) is 2.51. The molecule has 1 aromatic heterocycles. The summed E-state index contributed by atoms with van der Waals surface area (Å²) in [6.07, 6.45) is 0. The van der Waals surface area contributed by atoms with Gasteiger partial charge in [0.2, 0.25) is 5.52 Å². The Morgan fingerprint density at radius 1 is 1.12 bits per heavy atom. The van der Waals surface area contributed by atoms with Crippen molar-refractivity contribution >= 4 is 10.9 Å². The second-order valence-corrected chi connectivity index (χ2v) is 7.84. The molecule has 0 fully saturated rings. The van der Waals surface area contributed by atoms with Gasteiger partial charge < -0.3 is 14.7 Å². The van der Waals surface area contributed by atoms with Crippen LogP contribution in [0.15, 0.2) is 18.2 Å². The van der Waals surface area contributed by atoms with Crippen molar-refractivity contribution in [3.63, 3.8) is 0 Å². The average molecular weight is 347 g/mol. The van der Waals surface area contributed by atoms with Gasteiger partial charge in [-0.1, -0.05) is 27.7 Å². The molecule has 4 heteroatoms. The molecule has 2 rings (SSSR count). The van der Waals surface area contributed by atoms with Crippen LogP contribution in [0.4, 0.5) is 0 Å². The van der Waals surface area contributed by atoms with E-state index < -0.39 is 0 Å². The largest absolute Gasteiger partial charge is 0.506 e. The number of benzene rings is 1. The lowest BCUT2D eigenvalue weighted by Gasteiger charge is -2.23. The van der Waals surface area contributed by atoms with E-state index in [0.717, 1.165) is 47.5 Å². The van der Waals surface area contributed by atoms with Crippen molar-refractivity contribution in [2.45, 2.75) is 48.1 Å². The van der Waals surface area contributed by atoms with Crippen molar-refractivity contribution in [3.8, 4) is 11.5 Å². The molecule has 1 aromatic carbocycles. The summed E-state index contributed by atoms with van der Waals surface area (Å²) >= 11 is 0. The summed E-state index contributed by atoms with van der Waals surface area (Å²) in [5.74, 6) is 2.44. The number of quaternary nitrogens is 1. The monoisotopic (exact) mass is 346 g/mol. The van der Waals surface area contributed by atoms with Crippen molar-refractivity contribution in [2.24, 2.45) is 11.8 Å². The third-order valence-corrected chi connectivity index (χ3v) is 4.44. The summed E-state index contributed by atoms with van der Waals surface area (Å²) in [4.78, 5) is 4.96. The van der Waals surface area contributed by atoms with Crippen LogP contribution in [0.5, 0.6) is 11.5 Å². The lowest BCUT2D eigenvalue weighted by molar-refractivity contribution is -0.920. The van der Waals surface area contributed by atoms with Crippen LogP contribution < -0.4 is 14.6 Å². The summed E-state index contributed by atoms with van der Waals surface area (Å²) < 4.78 is 5.60. The maximum absolute atomic E-state index is 11.0. The first-order chi connectivity index (χ1) is 11.8. The Bertz CT molecular complexity index is 701. The number of aromatic hydroxyl groups is 1. The molecule has 0 radical (unpaired) electrons. The topological polar surface area (TPSA) is 48.0 Å². The standard InChI is InChI=1S/C21H32N2O2/c1-7-25-17-8-9-20-18(10-17)21(24)19(16(6)22-20)13-23(11-14(2)3)12-15(4)5/h8-10,14-15H,7,11-13H2,1-6H3,(H,22,24)/p+2. The number of fused-ring (bicyclic) bond motifs is 1. The van der Waals surface area contributed by atoms with E-state index in [1.807, 2.05) is 32.0 Å². The van der Waals surface area contributed by atoms with Crippen molar-refractivity contribution in [2.75, 3.05) is 19.7 Å². The van der Waals surface area contributed by atoms with Crippen LogP contribution in [0.25, 0.3) is 10.9 Å². The number of pyridine rings is 1. The molecule has 2 aromatic rings. The van der Waals surface area contributed by atoms with Gasteiger partial charge in [-0.25, -0.2) is 4.98 Å². The lowest BCUT2D eigenvalue weighted by Crippen LogP contribution is -3.12. The van der Waals surface area contributed by atoms with Crippen molar-refractivity contribution in [3.05, 3.63) is 29.5 Å². The van der Waals surface area contributed by atoms with Gasteiger partial charge in [-0.3, -0.25) is 0 Å². The first-order valence-corrected chi connectivity index (χ1v) is 9.45. The molecule has 3 N–H and O–H groups in total. The smallest absolute Gasteiger partial charge is 0.215 e. The molecule has 0 saturated heterocycles. The zero-order chi connectivity index (χ0) is 18.6. The molecule has 0 atom stereocenters. The Hall–Kier alpha value is -1.81. The molecule has 25 heavy (non-hydrogen) atoms. The molecule has 138 valence electrons. The molecule has 0 saturated carbocycles. The van der Waals surface area contributed by atoms with Crippen LogP contribution in [-0.4, -0.2) is 24.8 Å². The molecular weight excluding hydrogens is 312 g/mol. The minimum absolute atomic E-state index is 0.387. The second kappa shape index (κ2) is 8.52. The summed E-state index contributed by atoms with van der Waals surface area (Å²) in [5, 5.41) is 11.8. The summed E-state index contributed by atoms with van der Waals surface area (Å²) in [5.41, 5.74) is 2.99. The minimum Gasteiger partial charge on any atom is -0.506 e. The van der Waals surface area contributed by atoms with E-state index in [9.17, 15) is 5.11 Å². The Balaban J connectivity index is 2.41. The molecule has 0 aliphatic rings. The maximum atomic E-state index is 11.0. The van der Waals surface area contributed by atoms with Gasteiger partial charge >= 0.3 is 0 Å². The quantitative estimate of drug-likeness (QED) is 0.772. The van der Waals surface area contributed by atoms with Crippen LogP contribution in [0.1, 0.15) is 45.9 Å². The number of aryl methyl sites for hydroxylation is 1. The van der Waals surface area contributed by atoms with Crippen molar-refractivity contribution < 1.29 is 19.7 Å². The predicted octanol–water partition coefficient (Wildman–Crippen LogP) is 2.76. The van der Waals surface area contributed by atoms with E-state index in [2.05, 4.69) is 32.7 Å². The van der Waals surface area contributed by atoms with Crippen molar-refractivity contribution in [1.29, 1.82) is 0 Å². The van der Waals surface area contributed by atoms with Gasteiger partial charge in [-0.15, -0.1) is 0 Å². The zero-order valence-electron chi connectivity index (χ0n) is 16.6. The normalized spacial score (nSPS) is 11.9. The minimum atomic E-state index is 0.387. The number of nitrogens with one attached hydrogen (secondary N) is 2. The summed E-state index contributed by atoms with van der Waals surface area (Å²) in [6.45, 7) is 16.7. The highest BCUT2D eigenvalue weighted by molar-refractivity contribution is 5.84. The van der Waals surface area contributed by atoms with Gasteiger partial charge in [0.05, 0.1) is 25.1 Å². The molecule has 4 nitrogen and oxygen atoms in total. The molecule has 0 bridgehead atoms. The number of hydrogen-bond donors (Lipinski definition) is 2. The van der Waals surface area contributed by atoms with Crippen LogP contribution >= 0.6 is 0 Å². The number of rotatable bonds is 8. The fourth-order valence-corrected chi connectivity index (χ4v) is 3.55. The Labute approximate surface area is 151 Å². The van der Waals surface area contributed by atoms with Crippen LogP contribution in [0, 0.1) is 18.8 Å². The highest BCUT2D eigenvalue weighted by Gasteiger charge is 2.23. The third kappa shape index (κ3) is 5.08. The summed E-state index contributed by atoms with van der Waals surface area (Å²) in [6, 6.07) is 5.85. The molecule has 0 spiro atoms. The highest BCUT2D eigenvalue weighted by Crippen LogP contribution is 2.30. The number of hydrogen-bond acceptors (Lipinski definition) is 2.